The maximum atomic E-state index is 12.9. The molecule has 1 heterocycles. The molecule has 0 saturated carbocycles. The summed E-state index contributed by atoms with van der Waals surface area (Å²) in [4.78, 5) is 39.2. The Kier molecular flexibility index (Phi) is 7.35. The highest BCUT2D eigenvalue weighted by molar-refractivity contribution is 8.18. The Labute approximate surface area is 206 Å². The molecule has 1 N–H and O–H groups in total. The zero-order valence-electron chi connectivity index (χ0n) is 18.3. The summed E-state index contributed by atoms with van der Waals surface area (Å²) in [6, 6.07) is 21.6. The van der Waals surface area contributed by atoms with Gasteiger partial charge in [-0.05, 0) is 54.1 Å². The minimum absolute atomic E-state index is 0.212. The SMILES string of the molecule is Cc1ccc(NC(=O)COc2ccccc2/C=C2\SC(=O)N(Cc3ccccc3)C2=O)cc1Cl. The normalized spacial score (nSPS) is 14.5. The second-order valence-electron chi connectivity index (χ2n) is 7.59. The van der Waals surface area contributed by atoms with Crippen molar-refractivity contribution in [3.63, 3.8) is 0 Å². The van der Waals surface area contributed by atoms with Crippen molar-refractivity contribution in [1.29, 1.82) is 0 Å². The predicted octanol–water partition coefficient (Wildman–Crippen LogP) is 5.90. The van der Waals surface area contributed by atoms with Gasteiger partial charge in [0.05, 0.1) is 11.4 Å². The van der Waals surface area contributed by atoms with Crippen molar-refractivity contribution in [3.8, 4) is 5.75 Å². The Hall–Kier alpha value is -3.55. The maximum absolute atomic E-state index is 12.9. The molecule has 0 aromatic heterocycles. The number of ether oxygens (including phenoxy) is 1. The Morgan fingerprint density at radius 1 is 1.06 bits per heavy atom. The molecule has 8 heteroatoms. The van der Waals surface area contributed by atoms with Gasteiger partial charge in [0.15, 0.2) is 6.61 Å². The van der Waals surface area contributed by atoms with E-state index >= 15 is 0 Å². The van der Waals surface area contributed by atoms with Crippen molar-refractivity contribution in [3.05, 3.63) is 99.4 Å². The number of imide groups is 1. The molecule has 3 aromatic carbocycles. The third-order valence-corrected chi connectivity index (χ3v) is 6.39. The highest BCUT2D eigenvalue weighted by Gasteiger charge is 2.35. The molecule has 0 atom stereocenters. The molecule has 0 bridgehead atoms. The minimum atomic E-state index is -0.359. The molecule has 172 valence electrons. The number of hydrogen-bond acceptors (Lipinski definition) is 5. The average Bonchev–Trinajstić information content (AvgIpc) is 3.09. The van der Waals surface area contributed by atoms with Gasteiger partial charge in [0.25, 0.3) is 17.1 Å². The van der Waals surface area contributed by atoms with E-state index in [1.54, 1.807) is 42.5 Å². The first-order valence-corrected chi connectivity index (χ1v) is 11.7. The number of para-hydroxylation sites is 1. The molecule has 1 aliphatic rings. The molecular weight excluding hydrogens is 472 g/mol. The lowest BCUT2D eigenvalue weighted by molar-refractivity contribution is -0.123. The van der Waals surface area contributed by atoms with E-state index in [-0.39, 0.29) is 30.2 Å². The largest absolute Gasteiger partial charge is 0.483 e. The summed E-state index contributed by atoms with van der Waals surface area (Å²) < 4.78 is 5.71. The van der Waals surface area contributed by atoms with Gasteiger partial charge in [-0.3, -0.25) is 19.3 Å². The summed E-state index contributed by atoms with van der Waals surface area (Å²) in [7, 11) is 0. The summed E-state index contributed by atoms with van der Waals surface area (Å²) in [5.41, 5.74) is 2.96. The molecule has 6 nitrogen and oxygen atoms in total. The molecule has 1 aliphatic heterocycles. The van der Waals surface area contributed by atoms with E-state index < -0.39 is 0 Å². The van der Waals surface area contributed by atoms with Crippen LogP contribution >= 0.6 is 23.4 Å². The fourth-order valence-electron chi connectivity index (χ4n) is 3.29. The number of benzene rings is 3. The molecule has 1 fully saturated rings. The van der Waals surface area contributed by atoms with Crippen LogP contribution < -0.4 is 10.1 Å². The maximum Gasteiger partial charge on any atom is 0.293 e. The van der Waals surface area contributed by atoms with Crippen LogP contribution in [-0.4, -0.2) is 28.6 Å². The summed E-state index contributed by atoms with van der Waals surface area (Å²) in [5.74, 6) is -0.282. The highest BCUT2D eigenvalue weighted by atomic mass is 35.5. The minimum Gasteiger partial charge on any atom is -0.483 e. The van der Waals surface area contributed by atoms with Crippen LogP contribution in [0.15, 0.2) is 77.7 Å². The van der Waals surface area contributed by atoms with Crippen LogP contribution in [0.5, 0.6) is 5.75 Å². The lowest BCUT2D eigenvalue weighted by Gasteiger charge is -2.12. The zero-order valence-corrected chi connectivity index (χ0v) is 19.9. The van der Waals surface area contributed by atoms with Gasteiger partial charge in [0.1, 0.15) is 5.75 Å². The number of thioether (sulfide) groups is 1. The standard InChI is InChI=1S/C26H21ClN2O4S/c1-17-11-12-20(14-21(17)27)28-24(30)16-33-22-10-6-5-9-19(22)13-23-25(31)29(26(32)34-23)15-18-7-3-2-4-8-18/h2-14H,15-16H2,1H3,(H,28,30)/b23-13-. The Balaban J connectivity index is 1.43. The quantitative estimate of drug-likeness (QED) is 0.415. The molecule has 0 unspecified atom stereocenters. The second kappa shape index (κ2) is 10.6. The van der Waals surface area contributed by atoms with E-state index in [0.717, 1.165) is 22.9 Å². The van der Waals surface area contributed by atoms with E-state index in [2.05, 4.69) is 5.32 Å². The van der Waals surface area contributed by atoms with Gasteiger partial charge < -0.3 is 10.1 Å². The molecule has 3 aromatic rings. The molecule has 0 aliphatic carbocycles. The van der Waals surface area contributed by atoms with Crippen LogP contribution in [0.1, 0.15) is 16.7 Å². The number of nitrogens with one attached hydrogen (secondary N) is 1. The molecule has 4 rings (SSSR count). The Morgan fingerprint density at radius 3 is 2.56 bits per heavy atom. The number of rotatable bonds is 7. The van der Waals surface area contributed by atoms with Crippen molar-refractivity contribution in [2.24, 2.45) is 0 Å². The van der Waals surface area contributed by atoms with E-state index in [0.29, 0.717) is 26.9 Å². The topological polar surface area (TPSA) is 75.7 Å². The van der Waals surface area contributed by atoms with E-state index in [1.165, 1.54) is 4.90 Å². The van der Waals surface area contributed by atoms with E-state index in [9.17, 15) is 14.4 Å². The first-order valence-electron chi connectivity index (χ1n) is 10.5. The third-order valence-electron chi connectivity index (χ3n) is 5.08. The number of carbonyl (C=O) groups excluding carboxylic acids is 3. The lowest BCUT2D eigenvalue weighted by Crippen LogP contribution is -2.27. The van der Waals surface area contributed by atoms with Gasteiger partial charge in [0.2, 0.25) is 0 Å². The van der Waals surface area contributed by atoms with Gasteiger partial charge in [-0.15, -0.1) is 0 Å². The summed E-state index contributed by atoms with van der Waals surface area (Å²) in [6.45, 7) is 1.86. The van der Waals surface area contributed by atoms with Gasteiger partial charge in [-0.2, -0.15) is 0 Å². The first-order chi connectivity index (χ1) is 16.4. The summed E-state index contributed by atoms with van der Waals surface area (Å²) >= 11 is 6.99. The van der Waals surface area contributed by atoms with Crippen LogP contribution in [0.3, 0.4) is 0 Å². The fraction of sp³-hybridized carbons (Fsp3) is 0.115. The predicted molar refractivity (Wildman–Crippen MR) is 135 cm³/mol. The van der Waals surface area contributed by atoms with Crippen molar-refractivity contribution in [2.45, 2.75) is 13.5 Å². The summed E-state index contributed by atoms with van der Waals surface area (Å²) in [6.07, 6.45) is 1.61. The lowest BCUT2D eigenvalue weighted by atomic mass is 10.1. The van der Waals surface area contributed by atoms with Crippen molar-refractivity contribution in [1.82, 2.24) is 4.90 Å². The second-order valence-corrected chi connectivity index (χ2v) is 8.99. The number of anilines is 1. The number of aryl methyl sites for hydroxylation is 1. The van der Waals surface area contributed by atoms with Crippen LogP contribution in [0.4, 0.5) is 10.5 Å². The molecule has 0 spiro atoms. The Morgan fingerprint density at radius 2 is 1.79 bits per heavy atom. The zero-order chi connectivity index (χ0) is 24.1. The van der Waals surface area contributed by atoms with Gasteiger partial charge in [-0.1, -0.05) is 66.2 Å². The van der Waals surface area contributed by atoms with Crippen molar-refractivity contribution < 1.29 is 19.1 Å². The van der Waals surface area contributed by atoms with Crippen LogP contribution in [0.2, 0.25) is 5.02 Å². The van der Waals surface area contributed by atoms with Crippen LogP contribution in [0.25, 0.3) is 6.08 Å². The van der Waals surface area contributed by atoms with Crippen LogP contribution in [-0.2, 0) is 16.1 Å². The third kappa shape index (κ3) is 5.68. The van der Waals surface area contributed by atoms with Crippen molar-refractivity contribution in [2.75, 3.05) is 11.9 Å². The number of hydrogen-bond donors (Lipinski definition) is 1. The number of halogens is 1. The molecule has 1 saturated heterocycles. The van der Waals surface area contributed by atoms with Gasteiger partial charge >= 0.3 is 0 Å². The van der Waals surface area contributed by atoms with Gasteiger partial charge in [-0.25, -0.2) is 0 Å². The highest BCUT2D eigenvalue weighted by Crippen LogP contribution is 2.34. The number of carbonyl (C=O) groups is 3. The van der Waals surface area contributed by atoms with Crippen LogP contribution in [0, 0.1) is 6.92 Å². The number of amides is 3. The van der Waals surface area contributed by atoms with Crippen molar-refractivity contribution >= 4 is 52.2 Å². The van der Waals surface area contributed by atoms with Gasteiger partial charge in [0, 0.05) is 16.3 Å². The smallest absolute Gasteiger partial charge is 0.293 e. The summed E-state index contributed by atoms with van der Waals surface area (Å²) in [5, 5.41) is 2.98. The molecule has 34 heavy (non-hydrogen) atoms. The fourth-order valence-corrected chi connectivity index (χ4v) is 4.30. The molecule has 0 radical (unpaired) electrons. The number of nitrogens with zero attached hydrogens (tertiary/aromatic N) is 1. The monoisotopic (exact) mass is 492 g/mol. The Bertz CT molecular complexity index is 1280. The average molecular weight is 493 g/mol. The molecule has 3 amide bonds. The first kappa shape index (κ1) is 23.6. The van der Waals surface area contributed by atoms with E-state index in [4.69, 9.17) is 16.3 Å². The van der Waals surface area contributed by atoms with E-state index in [1.807, 2.05) is 43.3 Å². The molecular formula is C26H21ClN2O4S.